The number of esters is 1. The summed E-state index contributed by atoms with van der Waals surface area (Å²) < 4.78 is 44.7. The second-order valence-electron chi connectivity index (χ2n) is 12.1. The van der Waals surface area contributed by atoms with Crippen LogP contribution in [0.4, 0.5) is 13.2 Å². The van der Waals surface area contributed by atoms with Gasteiger partial charge in [-0.2, -0.15) is 13.2 Å². The number of nitrogens with one attached hydrogen (secondary N) is 1. The van der Waals surface area contributed by atoms with Gasteiger partial charge in [0.15, 0.2) is 0 Å². The molecule has 0 radical (unpaired) electrons. The van der Waals surface area contributed by atoms with E-state index in [9.17, 15) is 22.8 Å². The smallest absolute Gasteiger partial charge is 0.416 e. The van der Waals surface area contributed by atoms with Crippen LogP contribution in [-0.2, 0) is 21.1 Å². The predicted molar refractivity (Wildman–Crippen MR) is 167 cm³/mol. The maximum absolute atomic E-state index is 13.3. The molecule has 5 nitrogen and oxygen atoms in total. The summed E-state index contributed by atoms with van der Waals surface area (Å²) in [4.78, 5) is 28.4. The van der Waals surface area contributed by atoms with Crippen molar-refractivity contribution in [2.45, 2.75) is 83.0 Å². The van der Waals surface area contributed by atoms with Crippen molar-refractivity contribution in [2.75, 3.05) is 19.6 Å². The van der Waals surface area contributed by atoms with Gasteiger partial charge in [-0.1, -0.05) is 74.5 Å². The minimum Gasteiger partial charge on any atom is -0.463 e. The quantitative estimate of drug-likeness (QED) is 0.212. The summed E-state index contributed by atoms with van der Waals surface area (Å²) in [6.45, 7) is 8.67. The number of nitrogens with zero attached hydrogens (tertiary/aromatic N) is 1. The van der Waals surface area contributed by atoms with E-state index in [2.05, 4.69) is 29.3 Å². The van der Waals surface area contributed by atoms with E-state index in [4.69, 9.17) is 4.74 Å². The fourth-order valence-corrected chi connectivity index (χ4v) is 5.87. The molecule has 8 heteroatoms. The normalized spacial score (nSPS) is 16.6. The molecule has 1 aliphatic rings. The van der Waals surface area contributed by atoms with Crippen LogP contribution < -0.4 is 5.32 Å². The number of rotatable bonds is 12. The van der Waals surface area contributed by atoms with Gasteiger partial charge in [-0.25, -0.2) is 0 Å². The third-order valence-corrected chi connectivity index (χ3v) is 8.73. The molecule has 3 aromatic carbocycles. The Morgan fingerprint density at radius 3 is 2.20 bits per heavy atom. The largest absolute Gasteiger partial charge is 0.463 e. The molecule has 44 heavy (non-hydrogen) atoms. The van der Waals surface area contributed by atoms with Crippen molar-refractivity contribution >= 4 is 11.9 Å². The lowest BCUT2D eigenvalue weighted by Crippen LogP contribution is -2.45. The first-order valence-electron chi connectivity index (χ1n) is 15.5. The van der Waals surface area contributed by atoms with Crippen LogP contribution in [0, 0.1) is 0 Å². The van der Waals surface area contributed by atoms with E-state index >= 15 is 0 Å². The predicted octanol–water partition coefficient (Wildman–Crippen LogP) is 8.04. The Labute approximate surface area is 258 Å². The monoisotopic (exact) mass is 608 g/mol. The zero-order chi connectivity index (χ0) is 31.7. The highest BCUT2D eigenvalue weighted by atomic mass is 19.4. The van der Waals surface area contributed by atoms with Gasteiger partial charge >= 0.3 is 12.1 Å². The number of likely N-dealkylation sites (tertiary alicyclic amines) is 1. The van der Waals surface area contributed by atoms with Crippen LogP contribution in [0.15, 0.2) is 78.9 Å². The summed E-state index contributed by atoms with van der Waals surface area (Å²) in [5.74, 6) is -0.385. The maximum Gasteiger partial charge on any atom is 0.416 e. The van der Waals surface area contributed by atoms with Crippen LogP contribution in [0.5, 0.6) is 0 Å². The lowest BCUT2D eigenvalue weighted by atomic mass is 9.76. The number of carbonyl (C=O) groups excluding carboxylic acids is 2. The number of carbonyl (C=O) groups is 2. The number of hydrogen-bond donors (Lipinski definition) is 1. The third-order valence-electron chi connectivity index (χ3n) is 8.73. The number of ether oxygens (including phenoxy) is 1. The molecule has 0 spiro atoms. The van der Waals surface area contributed by atoms with Gasteiger partial charge in [0.25, 0.3) is 5.91 Å². The number of halogens is 3. The van der Waals surface area contributed by atoms with Gasteiger partial charge in [0.05, 0.1) is 18.1 Å². The van der Waals surface area contributed by atoms with E-state index in [-0.39, 0.29) is 29.4 Å². The summed E-state index contributed by atoms with van der Waals surface area (Å²) in [5, 5.41) is 3.15. The minimum absolute atomic E-state index is 0.0179. The van der Waals surface area contributed by atoms with Gasteiger partial charge in [-0.05, 0) is 80.5 Å². The van der Waals surface area contributed by atoms with Crippen molar-refractivity contribution < 1.29 is 27.5 Å². The van der Waals surface area contributed by atoms with Crippen LogP contribution in [-0.4, -0.2) is 48.6 Å². The van der Waals surface area contributed by atoms with Crippen molar-refractivity contribution in [1.29, 1.82) is 0 Å². The summed E-state index contributed by atoms with van der Waals surface area (Å²) >= 11 is 0. The highest BCUT2D eigenvalue weighted by molar-refractivity contribution is 6.01. The van der Waals surface area contributed by atoms with Gasteiger partial charge in [-0.3, -0.25) is 9.59 Å². The van der Waals surface area contributed by atoms with Crippen molar-refractivity contribution in [3.63, 3.8) is 0 Å². The van der Waals surface area contributed by atoms with E-state index in [1.54, 1.807) is 24.3 Å². The maximum atomic E-state index is 13.3. The Kier molecular flexibility index (Phi) is 11.2. The van der Waals surface area contributed by atoms with E-state index in [1.807, 2.05) is 32.0 Å². The van der Waals surface area contributed by atoms with Crippen molar-refractivity contribution in [3.8, 4) is 11.1 Å². The fourth-order valence-electron chi connectivity index (χ4n) is 5.87. The molecule has 1 N–H and O–H groups in total. The van der Waals surface area contributed by atoms with Crippen molar-refractivity contribution in [3.05, 3.63) is 95.6 Å². The van der Waals surface area contributed by atoms with Gasteiger partial charge in [0, 0.05) is 30.1 Å². The number of benzene rings is 3. The number of hydrogen-bond acceptors (Lipinski definition) is 4. The first-order valence-corrected chi connectivity index (χ1v) is 15.5. The average molecular weight is 609 g/mol. The van der Waals surface area contributed by atoms with Gasteiger partial charge in [0.1, 0.15) is 0 Å². The molecule has 1 fully saturated rings. The van der Waals surface area contributed by atoms with E-state index in [1.165, 1.54) is 12.1 Å². The summed E-state index contributed by atoms with van der Waals surface area (Å²) in [6, 6.07) is 22.1. The van der Waals surface area contributed by atoms with Crippen LogP contribution in [0.25, 0.3) is 11.1 Å². The van der Waals surface area contributed by atoms with Gasteiger partial charge in [-0.15, -0.1) is 0 Å². The Balaban J connectivity index is 1.30. The molecule has 2 unspecified atom stereocenters. The van der Waals surface area contributed by atoms with Crippen molar-refractivity contribution in [2.24, 2.45) is 0 Å². The van der Waals surface area contributed by atoms with E-state index < -0.39 is 11.7 Å². The molecule has 0 bridgehead atoms. The Morgan fingerprint density at radius 1 is 0.932 bits per heavy atom. The summed E-state index contributed by atoms with van der Waals surface area (Å²) in [6.07, 6.45) is 0.0227. The molecule has 1 amide bonds. The Bertz CT molecular complexity index is 1370. The van der Waals surface area contributed by atoms with Crippen LogP contribution >= 0.6 is 0 Å². The SMILES string of the molecule is CCC(C)OC(=O)CC(C)(CCCN1CCC(NC(=O)c2ccccc2-c2ccc(C(F)(F)F)cc2)CC1)c1ccccc1. The topological polar surface area (TPSA) is 58.6 Å². The molecule has 3 aromatic rings. The van der Waals surface area contributed by atoms with Crippen molar-refractivity contribution in [1.82, 2.24) is 10.2 Å². The third kappa shape index (κ3) is 8.94. The van der Waals surface area contributed by atoms with Gasteiger partial charge in [0.2, 0.25) is 0 Å². The molecule has 1 heterocycles. The fraction of sp³-hybridized carbons (Fsp3) is 0.444. The van der Waals surface area contributed by atoms with Crippen LogP contribution in [0.2, 0.25) is 0 Å². The second kappa shape index (κ2) is 14.9. The summed E-state index contributed by atoms with van der Waals surface area (Å²) in [7, 11) is 0. The average Bonchev–Trinajstić information content (AvgIpc) is 3.02. The summed E-state index contributed by atoms with van der Waals surface area (Å²) in [5.41, 5.74) is 1.71. The first-order chi connectivity index (χ1) is 21.0. The van der Waals surface area contributed by atoms with Crippen LogP contribution in [0.1, 0.15) is 80.8 Å². The highest BCUT2D eigenvalue weighted by Crippen LogP contribution is 2.34. The Hall–Kier alpha value is -3.65. The molecule has 0 aliphatic carbocycles. The minimum atomic E-state index is -4.41. The lowest BCUT2D eigenvalue weighted by Gasteiger charge is -2.34. The molecule has 236 valence electrons. The molecule has 0 saturated carbocycles. The van der Waals surface area contributed by atoms with Crippen LogP contribution in [0.3, 0.4) is 0 Å². The molecule has 0 aromatic heterocycles. The van der Waals surface area contributed by atoms with E-state index in [0.29, 0.717) is 23.1 Å². The zero-order valence-electron chi connectivity index (χ0n) is 25.8. The molecule has 2 atom stereocenters. The number of amides is 1. The highest BCUT2D eigenvalue weighted by Gasteiger charge is 2.32. The molecule has 4 rings (SSSR count). The number of alkyl halides is 3. The van der Waals surface area contributed by atoms with E-state index in [0.717, 1.165) is 69.4 Å². The van der Waals surface area contributed by atoms with Gasteiger partial charge < -0.3 is 15.0 Å². The molecular weight excluding hydrogens is 565 g/mol. The molecule has 1 aliphatic heterocycles. The zero-order valence-corrected chi connectivity index (χ0v) is 25.8. The Morgan fingerprint density at radius 2 is 1.57 bits per heavy atom. The standard InChI is InChI=1S/C36H43F3N2O3/c1-4-26(2)44-33(42)25-35(3,28-11-6-5-7-12-28)21-10-22-41-23-19-30(20-24-41)40-34(43)32-14-9-8-13-31(32)27-15-17-29(18-16-27)36(37,38)39/h5-9,11-18,26,30H,4,10,19-25H2,1-3H3,(H,40,43). The molecular formula is C36H43F3N2O3. The number of piperidine rings is 1. The second-order valence-corrected chi connectivity index (χ2v) is 12.1. The lowest BCUT2D eigenvalue weighted by molar-refractivity contribution is -0.150. The first kappa shape index (κ1) is 33.2. The molecule has 1 saturated heterocycles.